The van der Waals surface area contributed by atoms with Crippen molar-refractivity contribution in [1.82, 2.24) is 0 Å². The zero-order valence-corrected chi connectivity index (χ0v) is 24.3. The van der Waals surface area contributed by atoms with E-state index < -0.39 is 25.1 Å². The van der Waals surface area contributed by atoms with E-state index in [0.717, 1.165) is 46.8 Å². The van der Waals surface area contributed by atoms with Gasteiger partial charge in [-0.3, -0.25) is 0 Å². The maximum absolute atomic E-state index is 13.4. The number of hydrogen-bond acceptors (Lipinski definition) is 3. The zero-order valence-electron chi connectivity index (χ0n) is 17.9. The van der Waals surface area contributed by atoms with Gasteiger partial charge in [0.05, 0.1) is 0 Å². The van der Waals surface area contributed by atoms with Gasteiger partial charge in [0, 0.05) is 0 Å². The quantitative estimate of drug-likeness (QED) is 0.141. The van der Waals surface area contributed by atoms with E-state index in [1.54, 1.807) is 7.11 Å². The number of methoxy groups -OCH3 is 1. The van der Waals surface area contributed by atoms with Crippen LogP contribution in [-0.2, 0) is 3.93 Å². The van der Waals surface area contributed by atoms with Crippen LogP contribution in [0.5, 0.6) is 5.75 Å². The van der Waals surface area contributed by atoms with Crippen molar-refractivity contribution in [3.05, 3.63) is 98.6 Å². The average Bonchev–Trinajstić information content (AvgIpc) is 2.81. The number of para-hydroxylation sites is 1. The number of benzene rings is 3. The number of ether oxygens (including phenoxy) is 1. The van der Waals surface area contributed by atoms with E-state index in [1.807, 2.05) is 42.5 Å². The van der Waals surface area contributed by atoms with Crippen LogP contribution >= 0.6 is 45.2 Å². The van der Waals surface area contributed by atoms with Gasteiger partial charge in [0.15, 0.2) is 0 Å². The predicted octanol–water partition coefficient (Wildman–Crippen LogP) is 4.26. The molecule has 3 aromatic carbocycles. The van der Waals surface area contributed by atoms with Crippen molar-refractivity contribution >= 4 is 54.7 Å². The molecule has 0 saturated carbocycles. The fraction of sp³-hybridized carbons (Fsp3) is 0.200. The van der Waals surface area contributed by atoms with E-state index in [1.165, 1.54) is 24.3 Å². The Morgan fingerprint density at radius 2 is 1.64 bits per heavy atom. The van der Waals surface area contributed by atoms with E-state index in [0.29, 0.717) is 5.56 Å². The van der Waals surface area contributed by atoms with Gasteiger partial charge in [-0.25, -0.2) is 0 Å². The molecule has 3 rings (SSSR count). The van der Waals surface area contributed by atoms with Crippen LogP contribution in [0.4, 0.5) is 8.78 Å². The first-order valence-corrected chi connectivity index (χ1v) is 14.4. The molecule has 174 valence electrons. The molecular formula is C25H21F2I3NO2-. The van der Waals surface area contributed by atoms with Gasteiger partial charge < -0.3 is 0 Å². The molecule has 0 aliphatic heterocycles. The van der Waals surface area contributed by atoms with Crippen LogP contribution < -0.4 is 25.9 Å². The van der Waals surface area contributed by atoms with Crippen molar-refractivity contribution in [2.75, 3.05) is 13.7 Å². The van der Waals surface area contributed by atoms with Crippen molar-refractivity contribution in [2.45, 2.75) is 14.8 Å². The van der Waals surface area contributed by atoms with Gasteiger partial charge in [-0.1, -0.05) is 0 Å². The molecule has 1 unspecified atom stereocenters. The Hall–Kier alpha value is -1.15. The van der Waals surface area contributed by atoms with Gasteiger partial charge in [-0.15, -0.1) is 0 Å². The number of halogens is 5. The summed E-state index contributed by atoms with van der Waals surface area (Å²) in [7, 11) is 1.66. The van der Waals surface area contributed by atoms with Crippen LogP contribution in [0, 0.1) is 3.57 Å². The molecule has 0 aromatic heterocycles. The molecule has 0 radical (unpaired) electrons. The van der Waals surface area contributed by atoms with Gasteiger partial charge >= 0.3 is 232 Å². The summed E-state index contributed by atoms with van der Waals surface area (Å²) in [6.07, 6.45) is 0. The summed E-state index contributed by atoms with van der Waals surface area (Å²) in [5.41, 5.74) is 2.37. The predicted molar refractivity (Wildman–Crippen MR) is 141 cm³/mol. The second kappa shape index (κ2) is 12.0. The van der Waals surface area contributed by atoms with Gasteiger partial charge in [0.25, 0.3) is 0 Å². The molecular weight excluding hydrogens is 765 g/mol. The van der Waals surface area contributed by atoms with Gasteiger partial charge in [0.2, 0.25) is 0 Å². The minimum atomic E-state index is -2.96. The molecule has 0 heterocycles. The molecule has 3 aromatic rings. The summed E-state index contributed by atoms with van der Waals surface area (Å²) in [6, 6.07) is 21.5. The number of nitrogens with zero attached hydrogens (tertiary/aromatic N) is 1. The fourth-order valence-electron chi connectivity index (χ4n) is 3.06. The van der Waals surface area contributed by atoms with Crippen molar-refractivity contribution in [2.24, 2.45) is 4.99 Å². The molecule has 0 aliphatic rings. The first kappa shape index (κ1) is 26.5. The number of rotatable bonds is 9. The van der Waals surface area contributed by atoms with Crippen molar-refractivity contribution in [3.63, 3.8) is 0 Å². The Morgan fingerprint density at radius 1 is 1.03 bits per heavy atom. The Bertz CT molecular complexity index is 1130. The third-order valence-electron chi connectivity index (χ3n) is 4.81. The van der Waals surface area contributed by atoms with E-state index in [9.17, 15) is 13.6 Å². The normalized spacial score (nSPS) is 13.1. The molecule has 0 spiro atoms. The molecule has 0 amide bonds. The molecule has 0 bridgehead atoms. The molecule has 0 N–H and O–H groups in total. The number of Topliss-reactive ketones (excluding diaryl/α,β-unsaturated/α-hetero) is 1. The van der Waals surface area contributed by atoms with Crippen LogP contribution in [0.2, 0.25) is 0 Å². The van der Waals surface area contributed by atoms with Gasteiger partial charge in [-0.05, 0) is 0 Å². The first-order chi connectivity index (χ1) is 15.7. The summed E-state index contributed by atoms with van der Waals surface area (Å²) in [5, 5.41) is 0. The second-order valence-corrected chi connectivity index (χ2v) is 13.2. The molecule has 1 atom stereocenters. The Balaban J connectivity index is 1.84. The number of carbonyl (C=O) groups excluding carboxylic acids is 1. The van der Waals surface area contributed by atoms with Crippen LogP contribution in [0.25, 0.3) is 0 Å². The molecule has 0 aliphatic carbocycles. The summed E-state index contributed by atoms with van der Waals surface area (Å²) >= 11 is 2.73. The van der Waals surface area contributed by atoms with Gasteiger partial charge in [-0.2, -0.15) is 0 Å². The topological polar surface area (TPSA) is 38.7 Å². The van der Waals surface area contributed by atoms with Crippen LogP contribution in [0.15, 0.2) is 77.8 Å². The molecule has 8 heteroatoms. The summed E-state index contributed by atoms with van der Waals surface area (Å²) in [4.78, 5) is 17.5. The standard InChI is InChI=1S/C25H21F2I3NO2/c1-16(21-5-3-4-6-23(21)33-2)30-24(18-9-13-20(28)14-10-18)31-15-22(32)17-7-11-19(12-8-17)25(26,27)29/h3-14,16H,15H2,1-2H3/q-1. The molecule has 3 nitrogen and oxygen atoms in total. The molecule has 0 saturated heterocycles. The Kier molecular flexibility index (Phi) is 9.62. The summed E-state index contributed by atoms with van der Waals surface area (Å²) in [5.74, 6) is 0.644. The van der Waals surface area contributed by atoms with Crippen LogP contribution in [0.3, 0.4) is 0 Å². The molecule has 0 fully saturated rings. The van der Waals surface area contributed by atoms with Crippen molar-refractivity contribution in [1.29, 1.82) is 0 Å². The van der Waals surface area contributed by atoms with E-state index in [2.05, 4.69) is 35.6 Å². The van der Waals surface area contributed by atoms with Crippen LogP contribution in [0.1, 0.15) is 37.9 Å². The third kappa shape index (κ3) is 7.41. The molecule has 33 heavy (non-hydrogen) atoms. The Morgan fingerprint density at radius 3 is 2.24 bits per heavy atom. The van der Waals surface area contributed by atoms with Crippen molar-refractivity contribution in [3.8, 4) is 5.75 Å². The third-order valence-corrected chi connectivity index (χ3v) is 9.31. The number of carbonyl (C=O) groups is 1. The second-order valence-electron chi connectivity index (χ2n) is 7.08. The SMILES string of the molecule is COc1ccccc1C(C)[I-]C(=NCC(=O)c1ccc(C(F)(F)I)cc1)c1ccc(I)cc1. The van der Waals surface area contributed by atoms with Crippen molar-refractivity contribution < 1.29 is 39.5 Å². The number of alkyl halides is 4. The number of hydrogen-bond donors (Lipinski definition) is 0. The zero-order chi connectivity index (χ0) is 24.0. The van der Waals surface area contributed by atoms with E-state index >= 15 is 0 Å². The van der Waals surface area contributed by atoms with Gasteiger partial charge in [0.1, 0.15) is 0 Å². The van der Waals surface area contributed by atoms with E-state index in [4.69, 9.17) is 9.73 Å². The monoisotopic (exact) mass is 786 g/mol. The number of aliphatic imine (C=N–C) groups is 1. The number of ketones is 1. The minimum absolute atomic E-state index is 0.0281. The maximum atomic E-state index is 13.4. The van der Waals surface area contributed by atoms with E-state index in [-0.39, 0.29) is 21.8 Å². The first-order valence-electron chi connectivity index (χ1n) is 9.96. The van der Waals surface area contributed by atoms with Crippen LogP contribution in [-0.4, -0.2) is 23.2 Å². The summed E-state index contributed by atoms with van der Waals surface area (Å²) in [6.45, 7) is 2.12. The Labute approximate surface area is 230 Å². The summed E-state index contributed by atoms with van der Waals surface area (Å²) < 4.78 is 31.7. The fourth-order valence-corrected chi connectivity index (χ4v) is 6.60. The average molecular weight is 786 g/mol.